The van der Waals surface area contributed by atoms with Crippen molar-refractivity contribution in [1.29, 1.82) is 0 Å². The Balaban J connectivity index is 1.87. The van der Waals surface area contributed by atoms with E-state index in [4.69, 9.17) is 9.47 Å². The maximum atomic E-state index is 5.72. The van der Waals surface area contributed by atoms with E-state index in [1.54, 1.807) is 18.4 Å². The molecular weight excluding hydrogens is 272 g/mol. The van der Waals surface area contributed by atoms with Crippen LogP contribution in [0.25, 0.3) is 0 Å². The van der Waals surface area contributed by atoms with Gasteiger partial charge in [0.15, 0.2) is 0 Å². The molecule has 1 heterocycles. The van der Waals surface area contributed by atoms with Crippen LogP contribution in [0.4, 0.5) is 0 Å². The van der Waals surface area contributed by atoms with E-state index in [2.05, 4.69) is 24.1 Å². The first-order valence-electron chi connectivity index (χ1n) is 6.61. The number of aromatic nitrogens is 1. The van der Waals surface area contributed by atoms with E-state index in [1.165, 1.54) is 4.88 Å². The minimum atomic E-state index is 0.480. The molecule has 0 saturated heterocycles. The maximum absolute atomic E-state index is 5.72. The van der Waals surface area contributed by atoms with Crippen LogP contribution in [0.5, 0.6) is 11.5 Å². The number of benzene rings is 1. The second-order valence-electron chi connectivity index (χ2n) is 4.72. The molecule has 0 fully saturated rings. The average molecular weight is 292 g/mol. The Morgan fingerprint density at radius 2 is 2.10 bits per heavy atom. The predicted octanol–water partition coefficient (Wildman–Crippen LogP) is 3.23. The lowest BCUT2D eigenvalue weighted by atomic mass is 10.3. The Labute approximate surface area is 123 Å². The topological polar surface area (TPSA) is 43.4 Å². The van der Waals surface area contributed by atoms with Crippen molar-refractivity contribution in [3.05, 3.63) is 40.3 Å². The summed E-state index contributed by atoms with van der Waals surface area (Å²) in [5.74, 6) is 1.59. The molecular formula is C15H20N2O2S. The number of hydrogen-bond acceptors (Lipinski definition) is 5. The number of hydrogen-bond donors (Lipinski definition) is 1. The summed E-state index contributed by atoms with van der Waals surface area (Å²) in [6, 6.07) is 8.07. The molecule has 5 heteroatoms. The Morgan fingerprint density at radius 3 is 2.85 bits per heavy atom. The SMILES string of the molecule is COc1cccc(OCc2ncc(CNC(C)C)s2)c1. The summed E-state index contributed by atoms with van der Waals surface area (Å²) in [7, 11) is 1.65. The zero-order valence-electron chi connectivity index (χ0n) is 12.1. The summed E-state index contributed by atoms with van der Waals surface area (Å²) in [6.45, 7) is 5.61. The van der Waals surface area contributed by atoms with Crippen LogP contribution in [-0.2, 0) is 13.2 Å². The normalized spacial score (nSPS) is 10.8. The standard InChI is InChI=1S/C15H20N2O2S/c1-11(2)16-8-14-9-17-15(20-14)10-19-13-6-4-5-12(7-13)18-3/h4-7,9,11,16H,8,10H2,1-3H3. The second kappa shape index (κ2) is 7.26. The van der Waals surface area contributed by atoms with Crippen LogP contribution in [0.2, 0.25) is 0 Å². The van der Waals surface area contributed by atoms with E-state index >= 15 is 0 Å². The number of methoxy groups -OCH3 is 1. The molecule has 4 nitrogen and oxygen atoms in total. The molecule has 0 unspecified atom stereocenters. The van der Waals surface area contributed by atoms with Crippen molar-refractivity contribution in [1.82, 2.24) is 10.3 Å². The van der Waals surface area contributed by atoms with Gasteiger partial charge in [-0.15, -0.1) is 11.3 Å². The third kappa shape index (κ3) is 4.51. The van der Waals surface area contributed by atoms with Crippen LogP contribution in [0.3, 0.4) is 0 Å². The van der Waals surface area contributed by atoms with Crippen molar-refractivity contribution in [3.63, 3.8) is 0 Å². The van der Waals surface area contributed by atoms with Gasteiger partial charge in [-0.3, -0.25) is 0 Å². The van der Waals surface area contributed by atoms with Crippen molar-refractivity contribution >= 4 is 11.3 Å². The molecule has 20 heavy (non-hydrogen) atoms. The molecule has 0 aliphatic carbocycles. The van der Waals surface area contributed by atoms with E-state index in [0.29, 0.717) is 12.6 Å². The van der Waals surface area contributed by atoms with E-state index in [-0.39, 0.29) is 0 Å². The smallest absolute Gasteiger partial charge is 0.140 e. The lowest BCUT2D eigenvalue weighted by molar-refractivity contribution is 0.303. The van der Waals surface area contributed by atoms with E-state index in [1.807, 2.05) is 30.5 Å². The average Bonchev–Trinajstić information content (AvgIpc) is 2.91. The molecule has 2 rings (SSSR count). The van der Waals surface area contributed by atoms with Crippen molar-refractivity contribution in [3.8, 4) is 11.5 Å². The van der Waals surface area contributed by atoms with Gasteiger partial charge in [-0.1, -0.05) is 19.9 Å². The van der Waals surface area contributed by atoms with Gasteiger partial charge in [-0.25, -0.2) is 4.98 Å². The summed E-state index contributed by atoms with van der Waals surface area (Å²) in [4.78, 5) is 5.60. The molecule has 1 aromatic carbocycles. The Morgan fingerprint density at radius 1 is 1.30 bits per heavy atom. The molecule has 0 atom stereocenters. The summed E-state index contributed by atoms with van der Waals surface area (Å²) in [5.41, 5.74) is 0. The summed E-state index contributed by atoms with van der Waals surface area (Å²) >= 11 is 1.67. The van der Waals surface area contributed by atoms with Crippen molar-refractivity contribution in [2.75, 3.05) is 7.11 Å². The van der Waals surface area contributed by atoms with Crippen molar-refractivity contribution < 1.29 is 9.47 Å². The summed E-state index contributed by atoms with van der Waals surface area (Å²) in [6.07, 6.45) is 1.91. The molecule has 0 saturated carbocycles. The van der Waals surface area contributed by atoms with E-state index < -0.39 is 0 Å². The fourth-order valence-electron chi connectivity index (χ4n) is 1.64. The number of rotatable bonds is 7. The minimum Gasteiger partial charge on any atom is -0.497 e. The van der Waals surface area contributed by atoms with Gasteiger partial charge < -0.3 is 14.8 Å². The fourth-order valence-corrected chi connectivity index (χ4v) is 2.42. The largest absolute Gasteiger partial charge is 0.497 e. The lowest BCUT2D eigenvalue weighted by Gasteiger charge is -2.06. The molecule has 2 aromatic rings. The zero-order valence-corrected chi connectivity index (χ0v) is 12.9. The highest BCUT2D eigenvalue weighted by molar-refractivity contribution is 7.11. The minimum absolute atomic E-state index is 0.480. The summed E-state index contributed by atoms with van der Waals surface area (Å²) < 4.78 is 10.9. The van der Waals surface area contributed by atoms with E-state index in [0.717, 1.165) is 23.1 Å². The predicted molar refractivity (Wildman–Crippen MR) is 81.4 cm³/mol. The van der Waals surface area contributed by atoms with Crippen LogP contribution < -0.4 is 14.8 Å². The Bertz CT molecular complexity index is 540. The monoisotopic (exact) mass is 292 g/mol. The van der Waals surface area contributed by atoms with Crippen LogP contribution >= 0.6 is 11.3 Å². The van der Waals surface area contributed by atoms with Gasteiger partial charge in [-0.05, 0) is 12.1 Å². The third-order valence-corrected chi connectivity index (χ3v) is 3.66. The lowest BCUT2D eigenvalue weighted by Crippen LogP contribution is -2.21. The third-order valence-electron chi connectivity index (χ3n) is 2.69. The van der Waals surface area contributed by atoms with Gasteiger partial charge in [0.25, 0.3) is 0 Å². The second-order valence-corrected chi connectivity index (χ2v) is 5.92. The summed E-state index contributed by atoms with van der Waals surface area (Å²) in [5, 5.41) is 4.36. The van der Waals surface area contributed by atoms with Gasteiger partial charge in [-0.2, -0.15) is 0 Å². The highest BCUT2D eigenvalue weighted by atomic mass is 32.1. The van der Waals surface area contributed by atoms with Gasteiger partial charge in [0.2, 0.25) is 0 Å². The first kappa shape index (κ1) is 14.8. The number of thiazole rings is 1. The zero-order chi connectivity index (χ0) is 14.4. The highest BCUT2D eigenvalue weighted by Crippen LogP contribution is 2.21. The van der Waals surface area contributed by atoms with Gasteiger partial charge in [0.05, 0.1) is 7.11 Å². The molecule has 1 aromatic heterocycles. The molecule has 0 amide bonds. The van der Waals surface area contributed by atoms with Gasteiger partial charge >= 0.3 is 0 Å². The Hall–Kier alpha value is -1.59. The number of ether oxygens (including phenoxy) is 2. The molecule has 0 spiro atoms. The van der Waals surface area contributed by atoms with Crippen LogP contribution in [0, 0.1) is 0 Å². The molecule has 0 aliphatic rings. The quantitative estimate of drug-likeness (QED) is 0.851. The van der Waals surface area contributed by atoms with Gasteiger partial charge in [0.1, 0.15) is 23.1 Å². The molecule has 108 valence electrons. The fraction of sp³-hybridized carbons (Fsp3) is 0.400. The molecule has 0 radical (unpaired) electrons. The molecule has 0 bridgehead atoms. The maximum Gasteiger partial charge on any atom is 0.140 e. The van der Waals surface area contributed by atoms with Crippen molar-refractivity contribution in [2.45, 2.75) is 33.0 Å². The van der Waals surface area contributed by atoms with Crippen LogP contribution in [0.1, 0.15) is 23.7 Å². The highest BCUT2D eigenvalue weighted by Gasteiger charge is 2.04. The van der Waals surface area contributed by atoms with Crippen LogP contribution in [0.15, 0.2) is 30.5 Å². The molecule has 0 aliphatic heterocycles. The first-order valence-corrected chi connectivity index (χ1v) is 7.43. The first-order chi connectivity index (χ1) is 9.67. The molecule has 1 N–H and O–H groups in total. The van der Waals surface area contributed by atoms with Crippen molar-refractivity contribution in [2.24, 2.45) is 0 Å². The Kier molecular flexibility index (Phi) is 5.38. The van der Waals surface area contributed by atoms with Crippen LogP contribution in [-0.4, -0.2) is 18.1 Å². The van der Waals surface area contributed by atoms with Gasteiger partial charge in [0, 0.05) is 29.7 Å². The van der Waals surface area contributed by atoms with E-state index in [9.17, 15) is 0 Å². The number of nitrogens with one attached hydrogen (secondary N) is 1. The number of nitrogens with zero attached hydrogens (tertiary/aromatic N) is 1.